The van der Waals surface area contributed by atoms with Gasteiger partial charge in [-0.1, -0.05) is 25.0 Å². The number of benzene rings is 1. The highest BCUT2D eigenvalue weighted by Gasteiger charge is 2.17. The van der Waals surface area contributed by atoms with Crippen LogP contribution in [0.25, 0.3) is 0 Å². The molecule has 1 nitrogen and oxygen atoms in total. The fourth-order valence-electron chi connectivity index (χ4n) is 2.91. The smallest absolute Gasteiger partial charge is 0.0474 e. The zero-order valence-corrected chi connectivity index (χ0v) is 11.6. The van der Waals surface area contributed by atoms with Crippen LogP contribution >= 0.6 is 11.6 Å². The summed E-state index contributed by atoms with van der Waals surface area (Å²) in [5.74, 6) is 1.50. The Bertz CT molecular complexity index is 369. The first kappa shape index (κ1) is 12.8. The van der Waals surface area contributed by atoms with E-state index in [9.17, 15) is 0 Å². The fourth-order valence-corrected chi connectivity index (χ4v) is 3.07. The molecule has 0 heterocycles. The summed E-state index contributed by atoms with van der Waals surface area (Å²) in [7, 11) is 2.21. The van der Waals surface area contributed by atoms with Crippen molar-refractivity contribution in [3.63, 3.8) is 0 Å². The molecule has 0 atom stereocenters. The van der Waals surface area contributed by atoms with Gasteiger partial charge in [0.15, 0.2) is 0 Å². The Morgan fingerprint density at radius 3 is 2.59 bits per heavy atom. The minimum absolute atomic E-state index is 0.605. The summed E-state index contributed by atoms with van der Waals surface area (Å²) in [6.07, 6.45) is 5.65. The van der Waals surface area contributed by atoms with E-state index in [0.29, 0.717) is 5.88 Å². The van der Waals surface area contributed by atoms with Gasteiger partial charge in [-0.2, -0.15) is 0 Å². The van der Waals surface area contributed by atoms with E-state index in [2.05, 4.69) is 37.1 Å². The van der Waals surface area contributed by atoms with Crippen LogP contribution in [-0.2, 0) is 5.88 Å². The minimum atomic E-state index is 0.605. The van der Waals surface area contributed by atoms with Crippen molar-refractivity contribution < 1.29 is 0 Å². The quantitative estimate of drug-likeness (QED) is 0.719. The second-order valence-electron chi connectivity index (χ2n) is 5.29. The van der Waals surface area contributed by atoms with E-state index in [1.807, 2.05) is 0 Å². The molecular formula is C15H22ClN. The zero-order valence-electron chi connectivity index (χ0n) is 10.9. The normalized spacial score (nSPS) is 16.4. The van der Waals surface area contributed by atoms with Crippen LogP contribution in [-0.4, -0.2) is 13.6 Å². The fraction of sp³-hybridized carbons (Fsp3) is 0.600. The maximum atomic E-state index is 5.85. The van der Waals surface area contributed by atoms with E-state index in [-0.39, 0.29) is 0 Å². The number of hydrogen-bond acceptors (Lipinski definition) is 1. The Morgan fingerprint density at radius 2 is 2.00 bits per heavy atom. The first-order valence-electron chi connectivity index (χ1n) is 6.57. The van der Waals surface area contributed by atoms with Crippen LogP contribution in [0.4, 0.5) is 5.69 Å². The molecule has 0 amide bonds. The van der Waals surface area contributed by atoms with Crippen LogP contribution in [0.15, 0.2) is 18.2 Å². The lowest BCUT2D eigenvalue weighted by molar-refractivity contribution is 0.546. The summed E-state index contributed by atoms with van der Waals surface area (Å²) in [5, 5.41) is 0. The van der Waals surface area contributed by atoms with Gasteiger partial charge in [0.05, 0.1) is 0 Å². The van der Waals surface area contributed by atoms with E-state index in [4.69, 9.17) is 11.6 Å². The van der Waals surface area contributed by atoms with Crippen LogP contribution in [0.3, 0.4) is 0 Å². The predicted octanol–water partition coefficient (Wildman–Crippen LogP) is 4.36. The summed E-state index contributed by atoms with van der Waals surface area (Å²) >= 11 is 5.85. The van der Waals surface area contributed by atoms with Crippen LogP contribution in [0.2, 0.25) is 0 Å². The molecule has 1 aliphatic rings. The molecule has 0 N–H and O–H groups in total. The monoisotopic (exact) mass is 251 g/mol. The third-order valence-corrected chi connectivity index (χ3v) is 4.14. The van der Waals surface area contributed by atoms with Crippen molar-refractivity contribution in [3.8, 4) is 0 Å². The van der Waals surface area contributed by atoms with Gasteiger partial charge in [-0.05, 0) is 42.9 Å². The molecule has 0 aliphatic heterocycles. The van der Waals surface area contributed by atoms with Gasteiger partial charge in [-0.3, -0.25) is 0 Å². The highest BCUT2D eigenvalue weighted by atomic mass is 35.5. The molecule has 0 bridgehead atoms. The second kappa shape index (κ2) is 5.77. The highest BCUT2D eigenvalue weighted by molar-refractivity contribution is 6.17. The van der Waals surface area contributed by atoms with Crippen molar-refractivity contribution in [1.29, 1.82) is 0 Å². The lowest BCUT2D eigenvalue weighted by atomic mass is 10.1. The van der Waals surface area contributed by atoms with Crippen LogP contribution in [0.1, 0.15) is 36.8 Å². The van der Waals surface area contributed by atoms with E-state index in [1.54, 1.807) is 0 Å². The molecule has 1 saturated carbocycles. The standard InChI is InChI=1S/C15H22ClN/c1-12-9-14(10-16)7-8-15(12)17(2)11-13-5-3-4-6-13/h7-9,13H,3-6,10-11H2,1-2H3. The molecule has 1 fully saturated rings. The molecule has 0 unspecified atom stereocenters. The van der Waals surface area contributed by atoms with Gasteiger partial charge >= 0.3 is 0 Å². The van der Waals surface area contributed by atoms with Gasteiger partial charge in [-0.15, -0.1) is 11.6 Å². The van der Waals surface area contributed by atoms with E-state index in [1.165, 1.54) is 49.0 Å². The van der Waals surface area contributed by atoms with E-state index >= 15 is 0 Å². The van der Waals surface area contributed by atoms with Crippen molar-refractivity contribution in [1.82, 2.24) is 0 Å². The lowest BCUT2D eigenvalue weighted by Gasteiger charge is -2.25. The summed E-state index contributed by atoms with van der Waals surface area (Å²) < 4.78 is 0. The Morgan fingerprint density at radius 1 is 1.29 bits per heavy atom. The second-order valence-corrected chi connectivity index (χ2v) is 5.55. The highest BCUT2D eigenvalue weighted by Crippen LogP contribution is 2.28. The maximum Gasteiger partial charge on any atom is 0.0474 e. The number of hydrogen-bond donors (Lipinski definition) is 0. The van der Waals surface area contributed by atoms with Gasteiger partial charge in [0.2, 0.25) is 0 Å². The van der Waals surface area contributed by atoms with Gasteiger partial charge in [0, 0.05) is 25.2 Å². The minimum Gasteiger partial charge on any atom is -0.374 e. The summed E-state index contributed by atoms with van der Waals surface area (Å²) in [6.45, 7) is 3.37. The van der Waals surface area contributed by atoms with Crippen LogP contribution in [0, 0.1) is 12.8 Å². The molecule has 0 saturated heterocycles. The molecular weight excluding hydrogens is 230 g/mol. The van der Waals surface area contributed by atoms with Gasteiger partial charge in [0.25, 0.3) is 0 Å². The Kier molecular flexibility index (Phi) is 4.33. The summed E-state index contributed by atoms with van der Waals surface area (Å²) in [6, 6.07) is 6.55. The van der Waals surface area contributed by atoms with Crippen LogP contribution < -0.4 is 4.90 Å². The summed E-state index contributed by atoms with van der Waals surface area (Å²) in [5.41, 5.74) is 3.90. The first-order valence-corrected chi connectivity index (χ1v) is 7.11. The molecule has 17 heavy (non-hydrogen) atoms. The van der Waals surface area contributed by atoms with Crippen LogP contribution in [0.5, 0.6) is 0 Å². The van der Waals surface area contributed by atoms with Crippen molar-refractivity contribution in [2.24, 2.45) is 5.92 Å². The van der Waals surface area contributed by atoms with Gasteiger partial charge < -0.3 is 4.90 Å². The van der Waals surface area contributed by atoms with Crippen molar-refractivity contribution >= 4 is 17.3 Å². The molecule has 0 radical (unpaired) electrons. The number of anilines is 1. The van der Waals surface area contributed by atoms with Crippen molar-refractivity contribution in [3.05, 3.63) is 29.3 Å². The average Bonchev–Trinajstić information content (AvgIpc) is 2.81. The zero-order chi connectivity index (χ0) is 12.3. The maximum absolute atomic E-state index is 5.85. The number of alkyl halides is 1. The third-order valence-electron chi connectivity index (χ3n) is 3.83. The molecule has 94 valence electrons. The lowest BCUT2D eigenvalue weighted by Crippen LogP contribution is -2.24. The SMILES string of the molecule is Cc1cc(CCl)ccc1N(C)CC1CCCC1. The Balaban J connectivity index is 2.04. The predicted molar refractivity (Wildman–Crippen MR) is 76.0 cm³/mol. The molecule has 1 aromatic carbocycles. The average molecular weight is 252 g/mol. The van der Waals surface area contributed by atoms with Gasteiger partial charge in [-0.25, -0.2) is 0 Å². The largest absolute Gasteiger partial charge is 0.374 e. The molecule has 0 spiro atoms. The van der Waals surface area contributed by atoms with E-state index in [0.717, 1.165) is 5.92 Å². The first-order chi connectivity index (χ1) is 8.20. The van der Waals surface area contributed by atoms with Crippen molar-refractivity contribution in [2.45, 2.75) is 38.5 Å². The number of rotatable bonds is 4. The number of aryl methyl sites for hydroxylation is 1. The Hall–Kier alpha value is -0.690. The van der Waals surface area contributed by atoms with Gasteiger partial charge in [0.1, 0.15) is 0 Å². The van der Waals surface area contributed by atoms with E-state index < -0.39 is 0 Å². The third kappa shape index (κ3) is 3.16. The van der Waals surface area contributed by atoms with Crippen molar-refractivity contribution in [2.75, 3.05) is 18.5 Å². The molecule has 0 aromatic heterocycles. The number of nitrogens with zero attached hydrogens (tertiary/aromatic N) is 1. The molecule has 1 aliphatic carbocycles. The topological polar surface area (TPSA) is 3.24 Å². The Labute approximate surface area is 110 Å². The molecule has 2 heteroatoms. The molecule has 1 aromatic rings. The number of halogens is 1. The summed E-state index contributed by atoms with van der Waals surface area (Å²) in [4.78, 5) is 2.41. The molecule has 2 rings (SSSR count).